The minimum Gasteiger partial charge on any atom is -0.381 e. The van der Waals surface area contributed by atoms with Crippen molar-refractivity contribution in [1.29, 1.82) is 0 Å². The number of isocyanates is 1. The Morgan fingerprint density at radius 2 is 2.08 bits per heavy atom. The molecule has 12 heavy (non-hydrogen) atoms. The third-order valence-electron chi connectivity index (χ3n) is 2.66. The highest BCUT2D eigenvalue weighted by molar-refractivity contribution is 5.34. The molecule has 0 spiro atoms. The van der Waals surface area contributed by atoms with Gasteiger partial charge in [0.1, 0.15) is 0 Å². The quantitative estimate of drug-likeness (QED) is 0.466. The maximum Gasteiger partial charge on any atom is 0.235 e. The molecule has 0 amide bonds. The molecule has 1 aliphatic carbocycles. The van der Waals surface area contributed by atoms with Gasteiger partial charge in [0.05, 0.1) is 11.6 Å². The molecule has 0 bridgehead atoms. The summed E-state index contributed by atoms with van der Waals surface area (Å²) in [6.07, 6.45) is 5.86. The summed E-state index contributed by atoms with van der Waals surface area (Å²) in [6, 6.07) is 0. The lowest BCUT2D eigenvalue weighted by Gasteiger charge is -2.32. The fourth-order valence-electron chi connectivity index (χ4n) is 1.67. The van der Waals surface area contributed by atoms with Crippen LogP contribution in [0.15, 0.2) is 4.99 Å². The largest absolute Gasteiger partial charge is 0.381 e. The van der Waals surface area contributed by atoms with Gasteiger partial charge in [-0.15, -0.1) is 0 Å². The molecule has 3 nitrogen and oxygen atoms in total. The molecular weight excluding hydrogens is 154 g/mol. The Labute approximate surface area is 72.8 Å². The molecule has 1 saturated carbocycles. The van der Waals surface area contributed by atoms with Gasteiger partial charge in [-0.05, 0) is 32.6 Å². The van der Waals surface area contributed by atoms with Gasteiger partial charge in [0.25, 0.3) is 0 Å². The average molecular weight is 169 g/mol. The van der Waals surface area contributed by atoms with Crippen LogP contribution >= 0.6 is 0 Å². The number of rotatable bonds is 2. The van der Waals surface area contributed by atoms with Gasteiger partial charge in [0.2, 0.25) is 6.08 Å². The van der Waals surface area contributed by atoms with E-state index in [4.69, 9.17) is 4.74 Å². The average Bonchev–Trinajstić information content (AvgIpc) is 2.06. The van der Waals surface area contributed by atoms with Crippen LogP contribution in [0.5, 0.6) is 0 Å². The van der Waals surface area contributed by atoms with Gasteiger partial charge in [-0.1, -0.05) is 0 Å². The van der Waals surface area contributed by atoms with Crippen LogP contribution in [0.2, 0.25) is 0 Å². The van der Waals surface area contributed by atoms with Crippen molar-refractivity contribution in [2.75, 3.05) is 7.11 Å². The number of ether oxygens (including phenoxy) is 1. The molecule has 0 atom stereocenters. The predicted molar refractivity (Wildman–Crippen MR) is 45.8 cm³/mol. The topological polar surface area (TPSA) is 38.7 Å². The first-order valence-corrected chi connectivity index (χ1v) is 4.32. The molecule has 0 aromatic rings. The van der Waals surface area contributed by atoms with E-state index < -0.39 is 0 Å². The van der Waals surface area contributed by atoms with Crippen LogP contribution in [-0.4, -0.2) is 24.8 Å². The Bertz CT molecular complexity index is 189. The first kappa shape index (κ1) is 9.43. The van der Waals surface area contributed by atoms with E-state index in [1.165, 1.54) is 0 Å². The number of hydrogen-bond donors (Lipinski definition) is 0. The van der Waals surface area contributed by atoms with E-state index in [-0.39, 0.29) is 5.54 Å². The van der Waals surface area contributed by atoms with Crippen molar-refractivity contribution in [3.05, 3.63) is 0 Å². The SMILES string of the molecule is CO[C@H]1CC[C@](C)(N=C=O)CC1. The van der Waals surface area contributed by atoms with E-state index >= 15 is 0 Å². The van der Waals surface area contributed by atoms with Gasteiger partial charge < -0.3 is 4.74 Å². The third-order valence-corrected chi connectivity index (χ3v) is 2.66. The summed E-state index contributed by atoms with van der Waals surface area (Å²) in [5.41, 5.74) is -0.170. The molecule has 0 aromatic carbocycles. The summed E-state index contributed by atoms with van der Waals surface area (Å²) >= 11 is 0. The molecule has 1 fully saturated rings. The third kappa shape index (κ3) is 2.16. The summed E-state index contributed by atoms with van der Waals surface area (Å²) in [4.78, 5) is 13.9. The number of carbonyl (C=O) groups excluding carboxylic acids is 1. The van der Waals surface area contributed by atoms with Gasteiger partial charge in [0, 0.05) is 7.11 Å². The second kappa shape index (κ2) is 3.83. The van der Waals surface area contributed by atoms with Gasteiger partial charge >= 0.3 is 0 Å². The summed E-state index contributed by atoms with van der Waals surface area (Å²) in [5, 5.41) is 0. The Morgan fingerprint density at radius 1 is 1.50 bits per heavy atom. The Morgan fingerprint density at radius 3 is 2.50 bits per heavy atom. The van der Waals surface area contributed by atoms with Crippen molar-refractivity contribution in [1.82, 2.24) is 0 Å². The molecule has 0 saturated heterocycles. The lowest BCUT2D eigenvalue weighted by atomic mass is 9.82. The van der Waals surface area contributed by atoms with Gasteiger partial charge in [-0.25, -0.2) is 4.79 Å². The molecule has 0 radical (unpaired) electrons. The predicted octanol–water partition coefficient (Wildman–Crippen LogP) is 1.67. The van der Waals surface area contributed by atoms with Crippen molar-refractivity contribution >= 4 is 6.08 Å². The van der Waals surface area contributed by atoms with Gasteiger partial charge in [0.15, 0.2) is 0 Å². The Hall–Kier alpha value is -0.660. The molecule has 0 N–H and O–H groups in total. The Balaban J connectivity index is 2.49. The highest BCUT2D eigenvalue weighted by atomic mass is 16.5. The molecule has 1 rings (SSSR count). The number of aliphatic imine (C=N–C) groups is 1. The number of nitrogens with zero attached hydrogens (tertiary/aromatic N) is 1. The van der Waals surface area contributed by atoms with E-state index in [1.54, 1.807) is 13.2 Å². The zero-order valence-electron chi connectivity index (χ0n) is 7.67. The van der Waals surface area contributed by atoms with E-state index in [9.17, 15) is 4.79 Å². The van der Waals surface area contributed by atoms with E-state index in [0.29, 0.717) is 6.10 Å². The fourth-order valence-corrected chi connectivity index (χ4v) is 1.67. The van der Waals surface area contributed by atoms with Crippen LogP contribution < -0.4 is 0 Å². The molecular formula is C9H15NO2. The number of methoxy groups -OCH3 is 1. The first-order valence-electron chi connectivity index (χ1n) is 4.32. The van der Waals surface area contributed by atoms with E-state index in [1.807, 2.05) is 6.92 Å². The van der Waals surface area contributed by atoms with Crippen molar-refractivity contribution in [3.63, 3.8) is 0 Å². The molecule has 3 heteroatoms. The standard InChI is InChI=1S/C9H15NO2/c1-9(10-7-11)5-3-8(12-2)4-6-9/h8H,3-6H2,1-2H3/t8-,9-. The summed E-state index contributed by atoms with van der Waals surface area (Å²) < 4.78 is 5.22. The van der Waals surface area contributed by atoms with E-state index in [2.05, 4.69) is 4.99 Å². The summed E-state index contributed by atoms with van der Waals surface area (Å²) in [6.45, 7) is 2.00. The van der Waals surface area contributed by atoms with Crippen LogP contribution in [0.25, 0.3) is 0 Å². The van der Waals surface area contributed by atoms with Crippen molar-refractivity contribution in [2.24, 2.45) is 4.99 Å². The zero-order chi connectivity index (χ0) is 9.03. The highest BCUT2D eigenvalue weighted by Crippen LogP contribution is 2.31. The molecule has 1 aliphatic rings. The summed E-state index contributed by atoms with van der Waals surface area (Å²) in [7, 11) is 1.73. The number of hydrogen-bond acceptors (Lipinski definition) is 3. The lowest BCUT2D eigenvalue weighted by molar-refractivity contribution is 0.0536. The van der Waals surface area contributed by atoms with E-state index in [0.717, 1.165) is 25.7 Å². The minimum absolute atomic E-state index is 0.170. The molecule has 0 unspecified atom stereocenters. The maximum absolute atomic E-state index is 10.1. The fraction of sp³-hybridized carbons (Fsp3) is 0.889. The maximum atomic E-state index is 10.1. The van der Waals surface area contributed by atoms with Crippen molar-refractivity contribution in [3.8, 4) is 0 Å². The normalized spacial score (nSPS) is 35.7. The molecule has 0 heterocycles. The Kier molecular flexibility index (Phi) is 3.01. The van der Waals surface area contributed by atoms with Gasteiger partial charge in [-0.2, -0.15) is 4.99 Å². The van der Waals surface area contributed by atoms with Crippen LogP contribution in [-0.2, 0) is 9.53 Å². The minimum atomic E-state index is -0.170. The monoisotopic (exact) mass is 169 g/mol. The van der Waals surface area contributed by atoms with Crippen LogP contribution in [0.1, 0.15) is 32.6 Å². The van der Waals surface area contributed by atoms with Crippen LogP contribution in [0, 0.1) is 0 Å². The zero-order valence-corrected chi connectivity index (χ0v) is 7.67. The smallest absolute Gasteiger partial charge is 0.235 e. The second-order valence-corrected chi connectivity index (χ2v) is 3.64. The summed E-state index contributed by atoms with van der Waals surface area (Å²) in [5.74, 6) is 0. The molecule has 68 valence electrons. The molecule has 0 aromatic heterocycles. The first-order chi connectivity index (χ1) is 5.70. The van der Waals surface area contributed by atoms with Crippen LogP contribution in [0.4, 0.5) is 0 Å². The van der Waals surface area contributed by atoms with Gasteiger partial charge in [-0.3, -0.25) is 0 Å². The molecule has 0 aliphatic heterocycles. The second-order valence-electron chi connectivity index (χ2n) is 3.64. The van der Waals surface area contributed by atoms with Crippen molar-refractivity contribution in [2.45, 2.75) is 44.2 Å². The van der Waals surface area contributed by atoms with Crippen LogP contribution in [0.3, 0.4) is 0 Å². The lowest BCUT2D eigenvalue weighted by Crippen LogP contribution is -2.31. The highest BCUT2D eigenvalue weighted by Gasteiger charge is 2.30. The van der Waals surface area contributed by atoms with Crippen molar-refractivity contribution < 1.29 is 9.53 Å².